The maximum atomic E-state index is 12.1. The van der Waals surface area contributed by atoms with Crippen molar-refractivity contribution >= 4 is 22.9 Å². The molecule has 2 heterocycles. The zero-order valence-electron chi connectivity index (χ0n) is 10.6. The minimum atomic E-state index is -0.680. The Morgan fingerprint density at radius 3 is 2.60 bits per heavy atom. The molecular formula is C16H12N2OS. The van der Waals surface area contributed by atoms with Crippen molar-refractivity contribution in [2.75, 3.05) is 0 Å². The van der Waals surface area contributed by atoms with E-state index in [0.717, 1.165) is 16.1 Å². The second-order valence-corrected chi connectivity index (χ2v) is 5.54. The second kappa shape index (κ2) is 5.32. The number of amides is 1. The molecule has 1 N–H and O–H groups in total. The van der Waals surface area contributed by atoms with Crippen molar-refractivity contribution in [3.05, 3.63) is 64.4 Å². The van der Waals surface area contributed by atoms with E-state index < -0.39 is 5.92 Å². The van der Waals surface area contributed by atoms with Gasteiger partial charge in [0.05, 0.1) is 16.6 Å². The van der Waals surface area contributed by atoms with Crippen molar-refractivity contribution in [1.82, 2.24) is 5.32 Å². The van der Waals surface area contributed by atoms with E-state index in [1.807, 2.05) is 53.9 Å². The van der Waals surface area contributed by atoms with E-state index in [0.29, 0.717) is 0 Å². The maximum Gasteiger partial charge on any atom is 0.242 e. The largest absolute Gasteiger partial charge is 0.324 e. The third kappa shape index (κ3) is 2.24. The van der Waals surface area contributed by atoms with Crippen LogP contribution in [0.1, 0.15) is 16.4 Å². The van der Waals surface area contributed by atoms with E-state index in [4.69, 9.17) is 0 Å². The van der Waals surface area contributed by atoms with Gasteiger partial charge >= 0.3 is 0 Å². The number of nitrogens with one attached hydrogen (secondary N) is 1. The average molecular weight is 280 g/mol. The van der Waals surface area contributed by atoms with Gasteiger partial charge in [-0.1, -0.05) is 42.5 Å². The third-order valence-corrected chi connectivity index (χ3v) is 4.26. The Labute approximate surface area is 121 Å². The molecule has 1 aromatic carbocycles. The number of hydrogen-bond acceptors (Lipinski definition) is 3. The smallest absolute Gasteiger partial charge is 0.242 e. The van der Waals surface area contributed by atoms with Crippen LogP contribution in [0.3, 0.4) is 0 Å². The summed E-state index contributed by atoms with van der Waals surface area (Å²) in [6.07, 6.45) is 1.98. The lowest BCUT2D eigenvalue weighted by atomic mass is 9.83. The highest BCUT2D eigenvalue weighted by atomic mass is 32.1. The van der Waals surface area contributed by atoms with Crippen LogP contribution in [0.15, 0.2) is 53.9 Å². The van der Waals surface area contributed by atoms with Crippen LogP contribution in [-0.4, -0.2) is 5.91 Å². The summed E-state index contributed by atoms with van der Waals surface area (Å²) in [6.45, 7) is 0. The number of nitrogens with zero attached hydrogens (tertiary/aromatic N) is 1. The highest BCUT2D eigenvalue weighted by Crippen LogP contribution is 2.33. The van der Waals surface area contributed by atoms with Crippen LogP contribution in [-0.2, 0) is 4.79 Å². The average Bonchev–Trinajstić information content (AvgIpc) is 3.01. The van der Waals surface area contributed by atoms with Crippen LogP contribution in [0, 0.1) is 17.2 Å². The molecule has 4 heteroatoms. The highest BCUT2D eigenvalue weighted by molar-refractivity contribution is 7.11. The standard InChI is InChI=1S/C16H12N2OS/c17-10-13-12(11-5-2-1-3-6-11)9-14(18-16(13)19)15-7-4-8-20-15/h1-9,12-13H,(H,18,19). The maximum absolute atomic E-state index is 12.1. The summed E-state index contributed by atoms with van der Waals surface area (Å²) in [5.74, 6) is -1.11. The third-order valence-electron chi connectivity index (χ3n) is 3.36. The molecule has 20 heavy (non-hydrogen) atoms. The number of rotatable bonds is 2. The van der Waals surface area contributed by atoms with Gasteiger partial charge in [-0.05, 0) is 17.0 Å². The Bertz CT molecular complexity index is 683. The van der Waals surface area contributed by atoms with Gasteiger partial charge in [0.1, 0.15) is 5.92 Å². The normalized spacial score (nSPS) is 21.8. The monoisotopic (exact) mass is 280 g/mol. The van der Waals surface area contributed by atoms with Gasteiger partial charge in [-0.2, -0.15) is 5.26 Å². The Kier molecular flexibility index (Phi) is 3.36. The van der Waals surface area contributed by atoms with E-state index in [1.165, 1.54) is 0 Å². The van der Waals surface area contributed by atoms with Gasteiger partial charge in [-0.15, -0.1) is 11.3 Å². The molecule has 2 unspecified atom stereocenters. The molecule has 0 saturated heterocycles. The molecule has 0 bridgehead atoms. The van der Waals surface area contributed by atoms with Gasteiger partial charge in [0.25, 0.3) is 0 Å². The molecule has 0 radical (unpaired) electrons. The summed E-state index contributed by atoms with van der Waals surface area (Å²) in [4.78, 5) is 13.2. The second-order valence-electron chi connectivity index (χ2n) is 4.59. The van der Waals surface area contributed by atoms with E-state index in [2.05, 4.69) is 11.4 Å². The molecule has 1 amide bonds. The predicted molar refractivity (Wildman–Crippen MR) is 78.7 cm³/mol. The number of thiophene rings is 1. The van der Waals surface area contributed by atoms with Crippen molar-refractivity contribution in [1.29, 1.82) is 5.26 Å². The summed E-state index contributed by atoms with van der Waals surface area (Å²) in [5.41, 5.74) is 1.79. The predicted octanol–water partition coefficient (Wildman–Crippen LogP) is 3.14. The molecule has 98 valence electrons. The van der Waals surface area contributed by atoms with Gasteiger partial charge in [0.15, 0.2) is 0 Å². The van der Waals surface area contributed by atoms with Crippen molar-refractivity contribution in [2.45, 2.75) is 5.92 Å². The number of allylic oxidation sites excluding steroid dienone is 1. The summed E-state index contributed by atoms with van der Waals surface area (Å²) in [5, 5.41) is 14.1. The lowest BCUT2D eigenvalue weighted by Gasteiger charge is -2.25. The van der Waals surface area contributed by atoms with Crippen LogP contribution in [0.5, 0.6) is 0 Å². The first kappa shape index (κ1) is 12.6. The van der Waals surface area contributed by atoms with Gasteiger partial charge < -0.3 is 5.32 Å². The van der Waals surface area contributed by atoms with Gasteiger partial charge in [0.2, 0.25) is 5.91 Å². The zero-order chi connectivity index (χ0) is 13.9. The molecule has 0 fully saturated rings. The van der Waals surface area contributed by atoms with Gasteiger partial charge in [0, 0.05) is 5.92 Å². The van der Waals surface area contributed by atoms with E-state index >= 15 is 0 Å². The van der Waals surface area contributed by atoms with Crippen LogP contribution >= 0.6 is 11.3 Å². The molecule has 2 aromatic rings. The first-order valence-corrected chi connectivity index (χ1v) is 7.18. The molecular weight excluding hydrogens is 268 g/mol. The first-order chi connectivity index (χ1) is 9.79. The summed E-state index contributed by atoms with van der Waals surface area (Å²) >= 11 is 1.57. The van der Waals surface area contributed by atoms with Crippen molar-refractivity contribution < 1.29 is 4.79 Å². The fraction of sp³-hybridized carbons (Fsp3) is 0.125. The molecule has 1 aromatic heterocycles. The highest BCUT2D eigenvalue weighted by Gasteiger charge is 2.33. The number of carbonyl (C=O) groups is 1. The van der Waals surface area contributed by atoms with E-state index in [1.54, 1.807) is 11.3 Å². The lowest BCUT2D eigenvalue weighted by Crippen LogP contribution is -2.36. The fourth-order valence-electron chi connectivity index (χ4n) is 2.37. The molecule has 0 spiro atoms. The van der Waals surface area contributed by atoms with Crippen molar-refractivity contribution in [3.8, 4) is 6.07 Å². The molecule has 3 nitrogen and oxygen atoms in total. The minimum absolute atomic E-state index is 0.202. The first-order valence-electron chi connectivity index (χ1n) is 6.30. The molecule has 2 atom stereocenters. The number of benzene rings is 1. The SMILES string of the molecule is N#CC1C(=O)NC(c2cccs2)=CC1c1ccccc1. The van der Waals surface area contributed by atoms with Crippen LogP contribution in [0.2, 0.25) is 0 Å². The Hall–Kier alpha value is -2.38. The molecule has 0 saturated carbocycles. The molecule has 1 aliphatic rings. The van der Waals surface area contributed by atoms with Crippen LogP contribution in [0.25, 0.3) is 5.70 Å². The summed E-state index contributed by atoms with van der Waals surface area (Å²) in [7, 11) is 0. The van der Waals surface area contributed by atoms with E-state index in [-0.39, 0.29) is 11.8 Å². The molecule has 3 rings (SSSR count). The summed E-state index contributed by atoms with van der Waals surface area (Å²) in [6, 6.07) is 15.7. The molecule has 1 aliphatic heterocycles. The number of carbonyl (C=O) groups excluding carboxylic acids is 1. The Balaban J connectivity index is 2.06. The molecule has 0 aliphatic carbocycles. The number of hydrogen-bond donors (Lipinski definition) is 1. The zero-order valence-corrected chi connectivity index (χ0v) is 11.4. The minimum Gasteiger partial charge on any atom is -0.324 e. The topological polar surface area (TPSA) is 52.9 Å². The quantitative estimate of drug-likeness (QED) is 0.918. The number of nitriles is 1. The van der Waals surface area contributed by atoms with Crippen LogP contribution < -0.4 is 5.32 Å². The fourth-order valence-corrected chi connectivity index (χ4v) is 3.08. The van der Waals surface area contributed by atoms with Gasteiger partial charge in [-0.25, -0.2) is 0 Å². The summed E-state index contributed by atoms with van der Waals surface area (Å²) < 4.78 is 0. The van der Waals surface area contributed by atoms with Crippen LogP contribution in [0.4, 0.5) is 0 Å². The lowest BCUT2D eigenvalue weighted by molar-refractivity contribution is -0.122. The van der Waals surface area contributed by atoms with Gasteiger partial charge in [-0.3, -0.25) is 4.79 Å². The van der Waals surface area contributed by atoms with Crippen molar-refractivity contribution in [3.63, 3.8) is 0 Å². The van der Waals surface area contributed by atoms with E-state index in [9.17, 15) is 10.1 Å². The Morgan fingerprint density at radius 1 is 1.15 bits per heavy atom. The Morgan fingerprint density at radius 2 is 1.95 bits per heavy atom. The van der Waals surface area contributed by atoms with Crippen molar-refractivity contribution in [2.24, 2.45) is 5.92 Å².